The van der Waals surface area contributed by atoms with E-state index in [2.05, 4.69) is 15.5 Å². The first kappa shape index (κ1) is 20.4. The first-order valence-corrected chi connectivity index (χ1v) is 9.98. The zero-order valence-corrected chi connectivity index (χ0v) is 17.1. The summed E-state index contributed by atoms with van der Waals surface area (Å²) in [6.45, 7) is 1.15. The molecule has 0 radical (unpaired) electrons. The third-order valence-corrected chi connectivity index (χ3v) is 5.28. The van der Waals surface area contributed by atoms with Crippen molar-refractivity contribution in [1.82, 2.24) is 10.1 Å². The highest BCUT2D eigenvalue weighted by atomic mass is 16.5. The van der Waals surface area contributed by atoms with Crippen molar-refractivity contribution >= 4 is 23.5 Å². The van der Waals surface area contributed by atoms with Crippen molar-refractivity contribution in [2.45, 2.75) is 12.8 Å². The van der Waals surface area contributed by atoms with Crippen molar-refractivity contribution in [3.63, 3.8) is 0 Å². The van der Waals surface area contributed by atoms with Crippen molar-refractivity contribution < 1.29 is 18.8 Å². The van der Waals surface area contributed by atoms with Crippen LogP contribution in [0, 0.1) is 5.92 Å². The Morgan fingerprint density at radius 2 is 1.97 bits per heavy atom. The number of amides is 2. The number of anilines is 2. The number of hydrogen-bond acceptors (Lipinski definition) is 7. The Morgan fingerprint density at radius 3 is 2.71 bits per heavy atom. The maximum Gasteiger partial charge on any atom is 0.324 e. The predicted molar refractivity (Wildman–Crippen MR) is 115 cm³/mol. The molecule has 0 unspecified atom stereocenters. The molecule has 9 nitrogen and oxygen atoms in total. The van der Waals surface area contributed by atoms with Crippen LogP contribution in [0.5, 0.6) is 5.75 Å². The topological polar surface area (TPSA) is 124 Å². The van der Waals surface area contributed by atoms with Crippen molar-refractivity contribution in [3.05, 3.63) is 54.1 Å². The van der Waals surface area contributed by atoms with Crippen LogP contribution in [-0.4, -0.2) is 42.2 Å². The van der Waals surface area contributed by atoms with E-state index >= 15 is 0 Å². The molecule has 1 aromatic heterocycles. The van der Waals surface area contributed by atoms with Crippen LogP contribution < -0.4 is 20.7 Å². The highest BCUT2D eigenvalue weighted by Crippen LogP contribution is 2.26. The maximum atomic E-state index is 12.8. The largest absolute Gasteiger partial charge is 0.497 e. The quantitative estimate of drug-likeness (QED) is 0.627. The highest BCUT2D eigenvalue weighted by molar-refractivity contribution is 6.03. The van der Waals surface area contributed by atoms with E-state index in [1.165, 1.54) is 0 Å². The van der Waals surface area contributed by atoms with E-state index in [-0.39, 0.29) is 17.4 Å². The van der Waals surface area contributed by atoms with Gasteiger partial charge in [-0.05, 0) is 49.2 Å². The summed E-state index contributed by atoms with van der Waals surface area (Å²) < 4.78 is 10.6. The smallest absolute Gasteiger partial charge is 0.324 e. The Morgan fingerprint density at radius 1 is 1.19 bits per heavy atom. The standard InChI is InChI=1S/C22H23N5O4/c1-30-16-10-8-14(9-11-16)20-25-22(31-26-20)27-12-4-5-15(13-27)21(29)24-18-7-3-2-6-17(18)19(23)28/h2-3,6-11,15H,4-5,12-13H2,1H3,(H2,23,28)(H,24,29)/t15-/m1/s1. The predicted octanol–water partition coefficient (Wildman–Crippen LogP) is 2.70. The van der Waals surface area contributed by atoms with Gasteiger partial charge in [0.1, 0.15) is 5.75 Å². The molecule has 4 rings (SSSR count). The Hall–Kier alpha value is -3.88. The molecule has 9 heteroatoms. The van der Waals surface area contributed by atoms with Gasteiger partial charge in [-0.25, -0.2) is 0 Å². The molecule has 1 fully saturated rings. The van der Waals surface area contributed by atoms with Crippen LogP contribution in [0.1, 0.15) is 23.2 Å². The SMILES string of the molecule is COc1ccc(-c2noc(N3CCC[C@@H](C(=O)Nc4ccccc4C(N)=O)C3)n2)cc1. The van der Waals surface area contributed by atoms with Gasteiger partial charge in [-0.1, -0.05) is 17.3 Å². The molecule has 1 aliphatic rings. The summed E-state index contributed by atoms with van der Waals surface area (Å²) in [5.74, 6) is 0.173. The van der Waals surface area contributed by atoms with Gasteiger partial charge in [-0.15, -0.1) is 0 Å². The van der Waals surface area contributed by atoms with Gasteiger partial charge in [-0.2, -0.15) is 4.98 Å². The molecular formula is C22H23N5O4. The number of ether oxygens (including phenoxy) is 1. The van der Waals surface area contributed by atoms with Gasteiger partial charge in [0, 0.05) is 18.7 Å². The number of para-hydroxylation sites is 1. The summed E-state index contributed by atoms with van der Waals surface area (Å²) in [7, 11) is 1.61. The summed E-state index contributed by atoms with van der Waals surface area (Å²) in [4.78, 5) is 30.8. The minimum atomic E-state index is -0.585. The lowest BCUT2D eigenvalue weighted by atomic mass is 9.97. The zero-order valence-electron chi connectivity index (χ0n) is 17.1. The molecule has 2 amide bonds. The number of carbonyl (C=O) groups is 2. The third-order valence-electron chi connectivity index (χ3n) is 5.28. The Balaban J connectivity index is 1.44. The van der Waals surface area contributed by atoms with E-state index in [0.29, 0.717) is 30.6 Å². The molecule has 2 heterocycles. The average molecular weight is 421 g/mol. The normalized spacial score (nSPS) is 16.0. The van der Waals surface area contributed by atoms with Gasteiger partial charge >= 0.3 is 6.01 Å². The summed E-state index contributed by atoms with van der Waals surface area (Å²) in [6.07, 6.45) is 1.52. The summed E-state index contributed by atoms with van der Waals surface area (Å²) in [6, 6.07) is 14.4. The molecule has 0 aliphatic carbocycles. The first-order valence-electron chi connectivity index (χ1n) is 9.98. The second-order valence-corrected chi connectivity index (χ2v) is 7.31. The number of benzene rings is 2. The Bertz CT molecular complexity index is 1080. The van der Waals surface area contributed by atoms with Gasteiger partial charge < -0.3 is 25.2 Å². The number of nitrogens with two attached hydrogens (primary N) is 1. The zero-order chi connectivity index (χ0) is 21.8. The fourth-order valence-electron chi connectivity index (χ4n) is 3.61. The highest BCUT2D eigenvalue weighted by Gasteiger charge is 2.29. The van der Waals surface area contributed by atoms with Gasteiger partial charge in [-0.3, -0.25) is 9.59 Å². The van der Waals surface area contributed by atoms with E-state index in [1.807, 2.05) is 29.2 Å². The minimum Gasteiger partial charge on any atom is -0.497 e. The number of methoxy groups -OCH3 is 1. The molecule has 1 saturated heterocycles. The molecule has 3 aromatic rings. The average Bonchev–Trinajstić information content (AvgIpc) is 3.30. The molecule has 0 saturated carbocycles. The number of hydrogen-bond donors (Lipinski definition) is 2. The number of carbonyl (C=O) groups excluding carboxylic acids is 2. The van der Waals surface area contributed by atoms with E-state index in [4.69, 9.17) is 15.0 Å². The molecule has 1 atom stereocenters. The number of aromatic nitrogens is 2. The van der Waals surface area contributed by atoms with Crippen LogP contribution in [0.15, 0.2) is 53.1 Å². The first-order chi connectivity index (χ1) is 15.0. The number of primary amides is 1. The number of rotatable bonds is 6. The van der Waals surface area contributed by atoms with E-state index < -0.39 is 5.91 Å². The summed E-state index contributed by atoms with van der Waals surface area (Å²) in [5, 5.41) is 6.90. The van der Waals surface area contributed by atoms with Crippen LogP contribution in [-0.2, 0) is 4.79 Å². The van der Waals surface area contributed by atoms with Gasteiger partial charge in [0.2, 0.25) is 11.7 Å². The van der Waals surface area contributed by atoms with Crippen LogP contribution in [0.3, 0.4) is 0 Å². The van der Waals surface area contributed by atoms with E-state index in [9.17, 15) is 9.59 Å². The molecule has 1 aliphatic heterocycles. The van der Waals surface area contributed by atoms with Crippen LogP contribution in [0.25, 0.3) is 11.4 Å². The van der Waals surface area contributed by atoms with E-state index in [1.54, 1.807) is 31.4 Å². The summed E-state index contributed by atoms with van der Waals surface area (Å²) >= 11 is 0. The van der Waals surface area contributed by atoms with E-state index in [0.717, 1.165) is 24.2 Å². The lowest BCUT2D eigenvalue weighted by Crippen LogP contribution is -2.41. The van der Waals surface area contributed by atoms with Crippen LogP contribution >= 0.6 is 0 Å². The van der Waals surface area contributed by atoms with Crippen molar-refractivity contribution in [3.8, 4) is 17.1 Å². The molecular weight excluding hydrogens is 398 g/mol. The Labute approximate surface area is 179 Å². The van der Waals surface area contributed by atoms with Crippen molar-refractivity contribution in [2.75, 3.05) is 30.4 Å². The van der Waals surface area contributed by atoms with Crippen molar-refractivity contribution in [2.24, 2.45) is 11.7 Å². The second kappa shape index (κ2) is 8.86. The second-order valence-electron chi connectivity index (χ2n) is 7.31. The maximum absolute atomic E-state index is 12.8. The molecule has 0 bridgehead atoms. The number of piperidine rings is 1. The van der Waals surface area contributed by atoms with Crippen LogP contribution in [0.2, 0.25) is 0 Å². The monoisotopic (exact) mass is 421 g/mol. The van der Waals surface area contributed by atoms with Gasteiger partial charge in [0.25, 0.3) is 5.91 Å². The van der Waals surface area contributed by atoms with Crippen LogP contribution in [0.4, 0.5) is 11.7 Å². The lowest BCUT2D eigenvalue weighted by molar-refractivity contribution is -0.120. The number of nitrogens with zero attached hydrogens (tertiary/aromatic N) is 3. The fourth-order valence-corrected chi connectivity index (χ4v) is 3.61. The molecule has 160 valence electrons. The lowest BCUT2D eigenvalue weighted by Gasteiger charge is -2.30. The molecule has 2 aromatic carbocycles. The fraction of sp³-hybridized carbons (Fsp3) is 0.273. The molecule has 31 heavy (non-hydrogen) atoms. The minimum absolute atomic E-state index is 0.173. The third kappa shape index (κ3) is 4.50. The summed E-state index contributed by atoms with van der Waals surface area (Å²) in [5.41, 5.74) is 6.91. The van der Waals surface area contributed by atoms with Crippen molar-refractivity contribution in [1.29, 1.82) is 0 Å². The van der Waals surface area contributed by atoms with Gasteiger partial charge in [0.15, 0.2) is 0 Å². The molecule has 3 N–H and O–H groups in total. The number of nitrogens with one attached hydrogen (secondary N) is 1. The molecule has 0 spiro atoms. The van der Waals surface area contributed by atoms with Gasteiger partial charge in [0.05, 0.1) is 24.3 Å². The Kier molecular flexibility index (Phi) is 5.83.